The number of benzene rings is 1. The first-order valence-electron chi connectivity index (χ1n) is 7.27. The van der Waals surface area contributed by atoms with Crippen LogP contribution in [0.4, 0.5) is 10.5 Å². The number of imide groups is 1. The predicted molar refractivity (Wildman–Crippen MR) is 88.9 cm³/mol. The Balaban J connectivity index is 2.05. The number of nitrogens with two attached hydrogens (primary N) is 1. The first-order chi connectivity index (χ1) is 11.2. The second-order valence-corrected chi connectivity index (χ2v) is 6.00. The van der Waals surface area contributed by atoms with Gasteiger partial charge in [0.05, 0.1) is 0 Å². The number of ether oxygens (including phenoxy) is 2. The van der Waals surface area contributed by atoms with Crippen molar-refractivity contribution in [3.63, 3.8) is 0 Å². The number of amides is 2. The molecule has 0 saturated carbocycles. The predicted octanol–water partition coefficient (Wildman–Crippen LogP) is 3.12. The molecule has 0 atom stereocenters. The van der Waals surface area contributed by atoms with Crippen molar-refractivity contribution in [2.24, 2.45) is 0 Å². The molecule has 126 valence electrons. The highest BCUT2D eigenvalue weighted by atomic mass is 16.6. The van der Waals surface area contributed by atoms with Crippen LogP contribution < -0.4 is 15.8 Å². The average molecular weight is 329 g/mol. The quantitative estimate of drug-likeness (QED) is 0.839. The topological polar surface area (TPSA) is 104 Å². The summed E-state index contributed by atoms with van der Waals surface area (Å²) in [5.74, 6) is 0.296. The van der Waals surface area contributed by atoms with Gasteiger partial charge in [-0.1, -0.05) is 0 Å². The third-order valence-corrected chi connectivity index (χ3v) is 2.69. The van der Waals surface area contributed by atoms with Crippen molar-refractivity contribution in [2.75, 3.05) is 5.73 Å². The molecule has 24 heavy (non-hydrogen) atoms. The molecule has 0 saturated heterocycles. The third-order valence-electron chi connectivity index (χ3n) is 2.69. The lowest BCUT2D eigenvalue weighted by Gasteiger charge is -2.19. The lowest BCUT2D eigenvalue weighted by Crippen LogP contribution is -2.36. The highest BCUT2D eigenvalue weighted by Gasteiger charge is 2.19. The SMILES string of the molecule is CC(C)(C)OC(=O)NC(=O)c1cc(Oc2ccc(N)cc2)ccn1. The van der Waals surface area contributed by atoms with Crippen LogP contribution in [0.15, 0.2) is 42.6 Å². The summed E-state index contributed by atoms with van der Waals surface area (Å²) in [6.07, 6.45) is 0.579. The maximum absolute atomic E-state index is 12.0. The van der Waals surface area contributed by atoms with Gasteiger partial charge in [-0.2, -0.15) is 0 Å². The van der Waals surface area contributed by atoms with Gasteiger partial charge in [0.2, 0.25) is 0 Å². The van der Waals surface area contributed by atoms with E-state index in [2.05, 4.69) is 10.3 Å². The van der Waals surface area contributed by atoms with Crippen LogP contribution in [0, 0.1) is 0 Å². The molecule has 0 bridgehead atoms. The molecule has 1 aromatic carbocycles. The summed E-state index contributed by atoms with van der Waals surface area (Å²) in [6.45, 7) is 5.11. The van der Waals surface area contributed by atoms with Gasteiger partial charge in [0.25, 0.3) is 5.91 Å². The van der Waals surface area contributed by atoms with E-state index in [0.29, 0.717) is 17.2 Å². The molecule has 1 aromatic heterocycles. The molecule has 2 rings (SSSR count). The number of alkyl carbamates (subject to hydrolysis) is 1. The van der Waals surface area contributed by atoms with Crippen LogP contribution in [0.1, 0.15) is 31.3 Å². The van der Waals surface area contributed by atoms with E-state index >= 15 is 0 Å². The number of hydrogen-bond acceptors (Lipinski definition) is 6. The maximum Gasteiger partial charge on any atom is 0.414 e. The number of anilines is 1. The fourth-order valence-electron chi connectivity index (χ4n) is 1.73. The van der Waals surface area contributed by atoms with E-state index in [1.54, 1.807) is 51.1 Å². The van der Waals surface area contributed by atoms with Crippen molar-refractivity contribution in [3.05, 3.63) is 48.3 Å². The summed E-state index contributed by atoms with van der Waals surface area (Å²) < 4.78 is 10.6. The number of rotatable bonds is 3. The highest BCUT2D eigenvalue weighted by Crippen LogP contribution is 2.22. The summed E-state index contributed by atoms with van der Waals surface area (Å²) >= 11 is 0. The molecule has 7 heteroatoms. The van der Waals surface area contributed by atoms with E-state index in [0.717, 1.165) is 0 Å². The van der Waals surface area contributed by atoms with Crippen LogP contribution >= 0.6 is 0 Å². The van der Waals surface area contributed by atoms with Crippen molar-refractivity contribution in [1.29, 1.82) is 0 Å². The Morgan fingerprint density at radius 3 is 2.38 bits per heavy atom. The monoisotopic (exact) mass is 329 g/mol. The Morgan fingerprint density at radius 2 is 1.75 bits per heavy atom. The number of nitrogen functional groups attached to an aromatic ring is 1. The maximum atomic E-state index is 12.0. The molecule has 0 aliphatic heterocycles. The standard InChI is InChI=1S/C17H19N3O4/c1-17(2,3)24-16(22)20-15(21)14-10-13(8-9-19-14)23-12-6-4-11(18)5-7-12/h4-10H,18H2,1-3H3,(H,20,21,22). The molecule has 1 heterocycles. The van der Waals surface area contributed by atoms with Crippen LogP contribution in [0.2, 0.25) is 0 Å². The fourth-order valence-corrected chi connectivity index (χ4v) is 1.73. The minimum atomic E-state index is -0.834. The van der Waals surface area contributed by atoms with Crippen molar-refractivity contribution in [1.82, 2.24) is 10.3 Å². The normalized spacial score (nSPS) is 10.8. The van der Waals surface area contributed by atoms with Crippen molar-refractivity contribution in [2.45, 2.75) is 26.4 Å². The Morgan fingerprint density at radius 1 is 1.08 bits per heavy atom. The number of carbonyl (C=O) groups is 2. The zero-order valence-corrected chi connectivity index (χ0v) is 13.7. The first-order valence-corrected chi connectivity index (χ1v) is 7.27. The Bertz CT molecular complexity index is 736. The Kier molecular flexibility index (Phi) is 5.03. The fraction of sp³-hybridized carbons (Fsp3) is 0.235. The molecule has 0 fully saturated rings. The van der Waals surface area contributed by atoms with Crippen molar-refractivity contribution in [3.8, 4) is 11.5 Å². The first kappa shape index (κ1) is 17.3. The van der Waals surface area contributed by atoms with Crippen LogP contribution in [-0.2, 0) is 4.74 Å². The zero-order valence-electron chi connectivity index (χ0n) is 13.7. The number of carbonyl (C=O) groups excluding carboxylic acids is 2. The number of nitrogens with one attached hydrogen (secondary N) is 1. The van der Waals surface area contributed by atoms with E-state index < -0.39 is 17.6 Å². The van der Waals surface area contributed by atoms with Gasteiger partial charge < -0.3 is 15.2 Å². The molecule has 2 aromatic rings. The van der Waals surface area contributed by atoms with Gasteiger partial charge in [-0.15, -0.1) is 0 Å². The average Bonchev–Trinajstić information content (AvgIpc) is 2.48. The molecular weight excluding hydrogens is 310 g/mol. The highest BCUT2D eigenvalue weighted by molar-refractivity contribution is 6.01. The van der Waals surface area contributed by atoms with E-state index in [1.165, 1.54) is 12.3 Å². The lowest BCUT2D eigenvalue weighted by atomic mass is 10.2. The summed E-state index contributed by atoms with van der Waals surface area (Å²) in [5.41, 5.74) is 5.57. The summed E-state index contributed by atoms with van der Waals surface area (Å²) in [7, 11) is 0. The molecule has 0 spiro atoms. The zero-order chi connectivity index (χ0) is 17.7. The molecule has 3 N–H and O–H groups in total. The van der Waals surface area contributed by atoms with E-state index in [4.69, 9.17) is 15.2 Å². The van der Waals surface area contributed by atoms with Crippen LogP contribution in [0.5, 0.6) is 11.5 Å². The number of nitrogens with zero attached hydrogens (tertiary/aromatic N) is 1. The lowest BCUT2D eigenvalue weighted by molar-refractivity contribution is 0.0507. The molecule has 0 radical (unpaired) electrons. The van der Waals surface area contributed by atoms with E-state index in [9.17, 15) is 9.59 Å². The van der Waals surface area contributed by atoms with Gasteiger partial charge in [-0.3, -0.25) is 15.1 Å². The van der Waals surface area contributed by atoms with E-state index in [-0.39, 0.29) is 5.69 Å². The molecule has 0 aliphatic rings. The van der Waals surface area contributed by atoms with Gasteiger partial charge in [0.1, 0.15) is 22.8 Å². The Labute approximate surface area is 139 Å². The minimum absolute atomic E-state index is 0.0359. The van der Waals surface area contributed by atoms with Crippen LogP contribution in [-0.4, -0.2) is 22.6 Å². The summed E-state index contributed by atoms with van der Waals surface area (Å²) in [6, 6.07) is 9.84. The van der Waals surface area contributed by atoms with E-state index in [1.807, 2.05) is 0 Å². The Hall–Kier alpha value is -3.09. The van der Waals surface area contributed by atoms with Crippen molar-refractivity contribution < 1.29 is 19.1 Å². The van der Waals surface area contributed by atoms with Gasteiger partial charge in [0, 0.05) is 18.0 Å². The van der Waals surface area contributed by atoms with Crippen molar-refractivity contribution >= 4 is 17.7 Å². The molecule has 0 unspecified atom stereocenters. The van der Waals surface area contributed by atoms with Gasteiger partial charge >= 0.3 is 6.09 Å². The smallest absolute Gasteiger partial charge is 0.414 e. The molecule has 2 amide bonds. The molecular formula is C17H19N3O4. The number of pyridine rings is 1. The molecule has 0 aliphatic carbocycles. The molecule has 7 nitrogen and oxygen atoms in total. The minimum Gasteiger partial charge on any atom is -0.457 e. The van der Waals surface area contributed by atoms with Gasteiger partial charge in [-0.05, 0) is 51.1 Å². The third kappa shape index (κ3) is 5.28. The number of aromatic nitrogens is 1. The number of hydrogen-bond donors (Lipinski definition) is 2. The summed E-state index contributed by atoms with van der Waals surface area (Å²) in [5, 5.41) is 2.12. The second-order valence-electron chi connectivity index (χ2n) is 6.00. The second kappa shape index (κ2) is 6.99. The van der Waals surface area contributed by atoms with Crippen LogP contribution in [0.3, 0.4) is 0 Å². The largest absolute Gasteiger partial charge is 0.457 e. The van der Waals surface area contributed by atoms with Gasteiger partial charge in [-0.25, -0.2) is 4.79 Å². The van der Waals surface area contributed by atoms with Gasteiger partial charge in [0.15, 0.2) is 0 Å². The van der Waals surface area contributed by atoms with Crippen LogP contribution in [0.25, 0.3) is 0 Å². The summed E-state index contributed by atoms with van der Waals surface area (Å²) in [4.78, 5) is 27.6.